The molecule has 8 nitrogen and oxygen atoms in total. The van der Waals surface area contributed by atoms with Gasteiger partial charge in [-0.25, -0.2) is 8.42 Å². The second kappa shape index (κ2) is 8.47. The zero-order valence-corrected chi connectivity index (χ0v) is 18.3. The molecule has 4 rings (SSSR count). The van der Waals surface area contributed by atoms with E-state index in [1.165, 1.54) is 4.31 Å². The maximum atomic E-state index is 13.3. The number of carbonyl (C=O) groups excluding carboxylic acids is 1. The summed E-state index contributed by atoms with van der Waals surface area (Å²) in [6.07, 6.45) is 3.71. The summed E-state index contributed by atoms with van der Waals surface area (Å²) in [5.41, 5.74) is 6.63. The third-order valence-corrected chi connectivity index (χ3v) is 8.35. The summed E-state index contributed by atoms with van der Waals surface area (Å²) in [6.45, 7) is 0.995. The van der Waals surface area contributed by atoms with Crippen molar-refractivity contribution in [3.63, 3.8) is 0 Å². The Bertz CT molecular complexity index is 1050. The van der Waals surface area contributed by atoms with Crippen molar-refractivity contribution in [2.75, 3.05) is 24.6 Å². The molecule has 0 atom stereocenters. The van der Waals surface area contributed by atoms with Gasteiger partial charge < -0.3 is 15.2 Å². The van der Waals surface area contributed by atoms with Gasteiger partial charge in [-0.05, 0) is 55.5 Å². The van der Waals surface area contributed by atoms with Crippen LogP contribution in [0.1, 0.15) is 36.9 Å². The lowest BCUT2D eigenvalue weighted by atomic mass is 9.76. The van der Waals surface area contributed by atoms with Gasteiger partial charge in [-0.3, -0.25) is 14.1 Å². The molecule has 2 aliphatic rings. The number of benzene rings is 1. The number of nitrogens with zero attached hydrogens (tertiary/aromatic N) is 2. The lowest BCUT2D eigenvalue weighted by Crippen LogP contribution is -2.46. The van der Waals surface area contributed by atoms with E-state index in [2.05, 4.69) is 4.98 Å². The molecule has 2 heterocycles. The molecule has 1 saturated heterocycles. The maximum Gasteiger partial charge on any atom is 0.238 e. The molecule has 0 bridgehead atoms. The van der Waals surface area contributed by atoms with Gasteiger partial charge in [-0.1, -0.05) is 12.1 Å². The first-order valence-electron chi connectivity index (χ1n) is 10.4. The quantitative estimate of drug-likeness (QED) is 0.666. The number of anilines is 1. The van der Waals surface area contributed by atoms with Crippen LogP contribution in [0.5, 0.6) is 5.75 Å². The summed E-state index contributed by atoms with van der Waals surface area (Å²) in [6, 6.07) is 10.7. The predicted octanol–water partition coefficient (Wildman–Crippen LogP) is 2.12. The Hall–Kier alpha value is -2.65. The molecule has 1 aromatic carbocycles. The summed E-state index contributed by atoms with van der Waals surface area (Å²) in [7, 11) is -1.96. The number of primary amides is 1. The maximum absolute atomic E-state index is 13.3. The molecule has 2 aromatic rings. The summed E-state index contributed by atoms with van der Waals surface area (Å²) in [5.74, 6) is 0.238. The number of rotatable bonds is 8. The van der Waals surface area contributed by atoms with Gasteiger partial charge in [0, 0.05) is 19.4 Å². The fourth-order valence-corrected chi connectivity index (χ4v) is 5.78. The van der Waals surface area contributed by atoms with Crippen molar-refractivity contribution in [3.8, 4) is 5.75 Å². The zero-order chi connectivity index (χ0) is 22.1. The van der Waals surface area contributed by atoms with Crippen molar-refractivity contribution in [2.45, 2.75) is 42.9 Å². The molecule has 1 amide bonds. The molecule has 0 spiro atoms. The minimum Gasteiger partial charge on any atom is -0.497 e. The van der Waals surface area contributed by atoms with E-state index in [-0.39, 0.29) is 11.8 Å². The Kier molecular flexibility index (Phi) is 5.90. The highest BCUT2D eigenvalue weighted by Crippen LogP contribution is 2.38. The molecule has 0 unspecified atom stereocenters. The SMILES string of the molecule is COc1ccc(CN(c2ccnc(C3(C(N)=O)CCOCC3)c2)S(=O)(=O)C2CC2)cc1. The third kappa shape index (κ3) is 4.24. The molecule has 166 valence electrons. The molecule has 2 fully saturated rings. The molecule has 2 N–H and O–H groups in total. The topological polar surface area (TPSA) is 112 Å². The minimum absolute atomic E-state index is 0.180. The molecule has 1 saturated carbocycles. The van der Waals surface area contributed by atoms with Crippen LogP contribution in [0.3, 0.4) is 0 Å². The van der Waals surface area contributed by atoms with Crippen LogP contribution in [0.15, 0.2) is 42.6 Å². The van der Waals surface area contributed by atoms with Crippen LogP contribution in [0.2, 0.25) is 0 Å². The first-order valence-corrected chi connectivity index (χ1v) is 11.9. The van der Waals surface area contributed by atoms with E-state index in [0.29, 0.717) is 56.0 Å². The van der Waals surface area contributed by atoms with E-state index in [1.54, 1.807) is 37.6 Å². The lowest BCUT2D eigenvalue weighted by Gasteiger charge is -2.34. The average molecular weight is 446 g/mol. The molecule has 9 heteroatoms. The van der Waals surface area contributed by atoms with Gasteiger partial charge in [0.15, 0.2) is 0 Å². The standard InChI is InChI=1S/C22H27N3O5S/c1-29-18-4-2-16(3-5-18)15-25(31(27,28)19-6-7-19)17-8-11-24-20(14-17)22(21(23)26)9-12-30-13-10-22/h2-5,8,11,14,19H,6-7,9-10,12-13,15H2,1H3,(H2,23,26). The Labute approximate surface area is 182 Å². The largest absolute Gasteiger partial charge is 0.497 e. The van der Waals surface area contributed by atoms with Crippen LogP contribution in [-0.4, -0.2) is 44.9 Å². The van der Waals surface area contributed by atoms with E-state index in [9.17, 15) is 13.2 Å². The van der Waals surface area contributed by atoms with Crippen molar-refractivity contribution in [2.24, 2.45) is 5.73 Å². The van der Waals surface area contributed by atoms with Gasteiger partial charge in [0.25, 0.3) is 0 Å². The number of sulfonamides is 1. The van der Waals surface area contributed by atoms with Gasteiger partial charge in [-0.2, -0.15) is 0 Å². The lowest BCUT2D eigenvalue weighted by molar-refractivity contribution is -0.127. The highest BCUT2D eigenvalue weighted by atomic mass is 32.2. The zero-order valence-electron chi connectivity index (χ0n) is 17.5. The van der Waals surface area contributed by atoms with Crippen LogP contribution >= 0.6 is 0 Å². The number of carbonyl (C=O) groups is 1. The van der Waals surface area contributed by atoms with Crippen LogP contribution < -0.4 is 14.8 Å². The minimum atomic E-state index is -3.55. The molecule has 1 aliphatic carbocycles. The predicted molar refractivity (Wildman–Crippen MR) is 116 cm³/mol. The smallest absolute Gasteiger partial charge is 0.238 e. The van der Waals surface area contributed by atoms with Crippen molar-refractivity contribution >= 4 is 21.6 Å². The number of methoxy groups -OCH3 is 1. The number of pyridine rings is 1. The van der Waals surface area contributed by atoms with Crippen LogP contribution in [0.4, 0.5) is 5.69 Å². The first kappa shape index (κ1) is 21.6. The fourth-order valence-electron chi connectivity index (χ4n) is 3.96. The summed E-state index contributed by atoms with van der Waals surface area (Å²) in [4.78, 5) is 16.8. The fraction of sp³-hybridized carbons (Fsp3) is 0.455. The Morgan fingerprint density at radius 2 is 1.90 bits per heavy atom. The van der Waals surface area contributed by atoms with Gasteiger partial charge in [0.05, 0.1) is 35.7 Å². The van der Waals surface area contributed by atoms with E-state index < -0.39 is 21.3 Å². The molecular weight excluding hydrogens is 418 g/mol. The van der Waals surface area contributed by atoms with Crippen LogP contribution in [-0.2, 0) is 31.5 Å². The van der Waals surface area contributed by atoms with Crippen molar-refractivity contribution in [3.05, 3.63) is 53.9 Å². The first-order chi connectivity index (χ1) is 14.9. The monoisotopic (exact) mass is 445 g/mol. The molecular formula is C22H27N3O5S. The average Bonchev–Trinajstić information content (AvgIpc) is 3.64. The van der Waals surface area contributed by atoms with E-state index in [1.807, 2.05) is 12.1 Å². The summed E-state index contributed by atoms with van der Waals surface area (Å²) in [5, 5.41) is -0.379. The van der Waals surface area contributed by atoms with Gasteiger partial charge >= 0.3 is 0 Å². The Balaban J connectivity index is 1.73. The van der Waals surface area contributed by atoms with Crippen molar-refractivity contribution in [1.82, 2.24) is 4.98 Å². The summed E-state index contributed by atoms with van der Waals surface area (Å²) >= 11 is 0. The number of amides is 1. The third-order valence-electron chi connectivity index (χ3n) is 6.08. The van der Waals surface area contributed by atoms with Crippen LogP contribution in [0.25, 0.3) is 0 Å². The number of hydrogen-bond acceptors (Lipinski definition) is 6. The van der Waals surface area contributed by atoms with E-state index in [0.717, 1.165) is 5.56 Å². The number of aromatic nitrogens is 1. The van der Waals surface area contributed by atoms with E-state index in [4.69, 9.17) is 15.2 Å². The Morgan fingerprint density at radius 1 is 1.23 bits per heavy atom. The van der Waals surface area contributed by atoms with Crippen molar-refractivity contribution in [1.29, 1.82) is 0 Å². The normalized spacial score (nSPS) is 18.4. The molecule has 1 aliphatic heterocycles. The number of ether oxygens (including phenoxy) is 2. The molecule has 31 heavy (non-hydrogen) atoms. The van der Waals surface area contributed by atoms with E-state index >= 15 is 0 Å². The number of hydrogen-bond donors (Lipinski definition) is 1. The van der Waals surface area contributed by atoms with Gasteiger partial charge in [0.2, 0.25) is 15.9 Å². The van der Waals surface area contributed by atoms with Gasteiger partial charge in [-0.15, -0.1) is 0 Å². The molecule has 1 aromatic heterocycles. The highest BCUT2D eigenvalue weighted by molar-refractivity contribution is 7.93. The Morgan fingerprint density at radius 3 is 2.48 bits per heavy atom. The highest BCUT2D eigenvalue weighted by Gasteiger charge is 2.43. The second-order valence-electron chi connectivity index (χ2n) is 8.06. The molecule has 0 radical (unpaired) electrons. The van der Waals surface area contributed by atoms with Crippen molar-refractivity contribution < 1.29 is 22.7 Å². The number of nitrogens with two attached hydrogens (primary N) is 1. The van der Waals surface area contributed by atoms with Gasteiger partial charge in [0.1, 0.15) is 5.75 Å². The van der Waals surface area contributed by atoms with Crippen LogP contribution in [0, 0.1) is 0 Å². The summed E-state index contributed by atoms with van der Waals surface area (Å²) < 4.78 is 38.6. The second-order valence-corrected chi connectivity index (χ2v) is 10.2.